The van der Waals surface area contributed by atoms with E-state index < -0.39 is 6.09 Å². The Morgan fingerprint density at radius 3 is 2.73 bits per heavy atom. The number of amides is 1. The van der Waals surface area contributed by atoms with Gasteiger partial charge in [-0.15, -0.1) is 0 Å². The molecule has 80 valence electrons. The van der Waals surface area contributed by atoms with Crippen molar-refractivity contribution in [2.24, 2.45) is 0 Å². The summed E-state index contributed by atoms with van der Waals surface area (Å²) in [6, 6.07) is 8.84. The molecule has 0 heterocycles. The normalized spacial score (nSPS) is 9.40. The maximum absolute atomic E-state index is 11.3. The lowest BCUT2D eigenvalue weighted by Crippen LogP contribution is -2.29. The number of hydrogen-bond donors (Lipinski definition) is 1. The number of rotatable bonds is 2. The van der Waals surface area contributed by atoms with Crippen LogP contribution in [0.3, 0.4) is 0 Å². The zero-order valence-electron chi connectivity index (χ0n) is 8.23. The van der Waals surface area contributed by atoms with Crippen LogP contribution in [0.1, 0.15) is 6.92 Å². The van der Waals surface area contributed by atoms with Crippen molar-refractivity contribution in [3.63, 3.8) is 0 Å². The fourth-order valence-corrected chi connectivity index (χ4v) is 1.73. The van der Waals surface area contributed by atoms with E-state index in [1.807, 2.05) is 13.0 Å². The molecule has 15 heavy (non-hydrogen) atoms. The molecule has 0 fully saturated rings. The number of hydrogen-bond acceptors (Lipinski definition) is 4. The highest BCUT2D eigenvalue weighted by molar-refractivity contribution is 8.23. The number of nitrogens with one attached hydrogen (secondary N) is 1. The van der Waals surface area contributed by atoms with Crippen LogP contribution in [-0.4, -0.2) is 16.2 Å². The van der Waals surface area contributed by atoms with Crippen molar-refractivity contribution in [3.05, 3.63) is 30.3 Å². The Kier molecular flexibility index (Phi) is 5.14. The molecule has 1 aromatic carbocycles. The molecule has 0 saturated carbocycles. The van der Waals surface area contributed by atoms with E-state index in [-0.39, 0.29) is 0 Å². The molecule has 1 amide bonds. The number of carbonyl (C=O) groups is 1. The van der Waals surface area contributed by atoms with Crippen LogP contribution in [0.5, 0.6) is 5.75 Å². The molecule has 0 radical (unpaired) electrons. The molecule has 0 aliphatic heterocycles. The zero-order chi connectivity index (χ0) is 11.1. The van der Waals surface area contributed by atoms with Gasteiger partial charge in [0.05, 0.1) is 0 Å². The van der Waals surface area contributed by atoms with Crippen molar-refractivity contribution in [2.75, 3.05) is 5.75 Å². The largest absolute Gasteiger partial charge is 0.418 e. The van der Waals surface area contributed by atoms with Gasteiger partial charge in [0.2, 0.25) is 0 Å². The van der Waals surface area contributed by atoms with Gasteiger partial charge in [0.1, 0.15) is 10.1 Å². The van der Waals surface area contributed by atoms with Crippen LogP contribution in [0, 0.1) is 0 Å². The van der Waals surface area contributed by atoms with Gasteiger partial charge in [-0.3, -0.25) is 5.32 Å². The van der Waals surface area contributed by atoms with Crippen LogP contribution in [-0.2, 0) is 0 Å². The summed E-state index contributed by atoms with van der Waals surface area (Å²) in [4.78, 5) is 11.3. The second-order valence-corrected chi connectivity index (χ2v) is 4.49. The summed E-state index contributed by atoms with van der Waals surface area (Å²) < 4.78 is 5.41. The molecule has 0 aliphatic carbocycles. The van der Waals surface area contributed by atoms with Crippen LogP contribution in [0.4, 0.5) is 4.79 Å². The van der Waals surface area contributed by atoms with Gasteiger partial charge >= 0.3 is 6.09 Å². The molecule has 0 aromatic heterocycles. The maximum Gasteiger partial charge on any atom is 0.418 e. The first-order valence-corrected chi connectivity index (χ1v) is 5.82. The van der Waals surface area contributed by atoms with Gasteiger partial charge in [-0.1, -0.05) is 49.1 Å². The predicted octanol–water partition coefficient (Wildman–Crippen LogP) is 2.81. The van der Waals surface area contributed by atoms with E-state index in [0.29, 0.717) is 10.1 Å². The van der Waals surface area contributed by atoms with E-state index in [4.69, 9.17) is 17.0 Å². The zero-order valence-corrected chi connectivity index (χ0v) is 9.86. The molecule has 1 rings (SSSR count). The number of para-hydroxylation sites is 1. The smallest absolute Gasteiger partial charge is 0.410 e. The molecule has 3 nitrogen and oxygen atoms in total. The first-order chi connectivity index (χ1) is 7.22. The Morgan fingerprint density at radius 1 is 1.47 bits per heavy atom. The van der Waals surface area contributed by atoms with Crippen molar-refractivity contribution >= 4 is 34.4 Å². The van der Waals surface area contributed by atoms with Gasteiger partial charge < -0.3 is 4.74 Å². The lowest BCUT2D eigenvalue weighted by Gasteiger charge is -2.05. The number of benzene rings is 1. The number of carbonyl (C=O) groups excluding carboxylic acids is 1. The summed E-state index contributed by atoms with van der Waals surface area (Å²) in [7, 11) is 0. The van der Waals surface area contributed by atoms with E-state index in [1.54, 1.807) is 24.3 Å². The van der Waals surface area contributed by atoms with Gasteiger partial charge in [0.25, 0.3) is 0 Å². The molecule has 0 spiro atoms. The Bertz CT molecular complexity index is 341. The monoisotopic (exact) mass is 241 g/mol. The molecule has 0 atom stereocenters. The van der Waals surface area contributed by atoms with Crippen molar-refractivity contribution in [2.45, 2.75) is 6.92 Å². The van der Waals surface area contributed by atoms with E-state index in [1.165, 1.54) is 11.8 Å². The molecule has 0 aliphatic rings. The predicted molar refractivity (Wildman–Crippen MR) is 66.3 cm³/mol. The van der Waals surface area contributed by atoms with Crippen LogP contribution in [0.2, 0.25) is 0 Å². The molecule has 1 aromatic rings. The van der Waals surface area contributed by atoms with Crippen LogP contribution < -0.4 is 10.1 Å². The van der Waals surface area contributed by atoms with E-state index in [9.17, 15) is 4.79 Å². The highest BCUT2D eigenvalue weighted by atomic mass is 32.2. The maximum atomic E-state index is 11.3. The third-order valence-corrected chi connectivity index (χ3v) is 2.54. The Hall–Kier alpha value is -1.07. The topological polar surface area (TPSA) is 38.3 Å². The number of thioether (sulfide) groups is 1. The Balaban J connectivity index is 2.40. The van der Waals surface area contributed by atoms with E-state index in [0.717, 1.165) is 5.75 Å². The highest BCUT2D eigenvalue weighted by Gasteiger charge is 2.05. The van der Waals surface area contributed by atoms with Crippen molar-refractivity contribution in [3.8, 4) is 5.75 Å². The number of thiocarbonyl (C=S) groups is 1. The summed E-state index contributed by atoms with van der Waals surface area (Å²) >= 11 is 6.29. The fourth-order valence-electron chi connectivity index (χ4n) is 0.872. The van der Waals surface area contributed by atoms with E-state index in [2.05, 4.69) is 5.32 Å². The van der Waals surface area contributed by atoms with Crippen molar-refractivity contribution in [1.29, 1.82) is 0 Å². The minimum Gasteiger partial charge on any atom is -0.410 e. The van der Waals surface area contributed by atoms with Crippen LogP contribution >= 0.6 is 24.0 Å². The van der Waals surface area contributed by atoms with E-state index >= 15 is 0 Å². The molecule has 0 bridgehead atoms. The summed E-state index contributed by atoms with van der Waals surface area (Å²) in [6.07, 6.45) is -0.549. The molecule has 5 heteroatoms. The average molecular weight is 241 g/mol. The molecular formula is C10H11NO2S2. The Morgan fingerprint density at radius 2 is 2.13 bits per heavy atom. The lowest BCUT2D eigenvalue weighted by molar-refractivity contribution is 0.206. The Labute approximate surface area is 98.2 Å². The van der Waals surface area contributed by atoms with Gasteiger partial charge in [-0.25, -0.2) is 4.79 Å². The van der Waals surface area contributed by atoms with Gasteiger partial charge in [0, 0.05) is 0 Å². The summed E-state index contributed by atoms with van der Waals surface area (Å²) in [5.41, 5.74) is 0. The summed E-state index contributed by atoms with van der Waals surface area (Å²) in [6.45, 7) is 1.96. The average Bonchev–Trinajstić information content (AvgIpc) is 2.19. The number of ether oxygens (including phenoxy) is 1. The van der Waals surface area contributed by atoms with Gasteiger partial charge in [0.15, 0.2) is 0 Å². The molecule has 0 saturated heterocycles. The lowest BCUT2D eigenvalue weighted by atomic mass is 10.3. The van der Waals surface area contributed by atoms with Crippen molar-refractivity contribution < 1.29 is 9.53 Å². The molecule has 1 N–H and O–H groups in total. The van der Waals surface area contributed by atoms with Crippen LogP contribution in [0.25, 0.3) is 0 Å². The minimum absolute atomic E-state index is 0.429. The fraction of sp³-hybridized carbons (Fsp3) is 0.200. The van der Waals surface area contributed by atoms with Gasteiger partial charge in [-0.05, 0) is 17.9 Å². The SMILES string of the molecule is CCSC(=S)NC(=O)Oc1ccccc1. The van der Waals surface area contributed by atoms with Gasteiger partial charge in [-0.2, -0.15) is 0 Å². The van der Waals surface area contributed by atoms with Crippen LogP contribution in [0.15, 0.2) is 30.3 Å². The third kappa shape index (κ3) is 4.80. The molecular weight excluding hydrogens is 230 g/mol. The molecule has 0 unspecified atom stereocenters. The second-order valence-electron chi connectivity index (χ2n) is 2.55. The highest BCUT2D eigenvalue weighted by Crippen LogP contribution is 2.08. The quantitative estimate of drug-likeness (QED) is 0.808. The first-order valence-electron chi connectivity index (χ1n) is 4.43. The summed E-state index contributed by atoms with van der Waals surface area (Å²) in [5, 5.41) is 2.46. The third-order valence-electron chi connectivity index (χ3n) is 1.43. The van der Waals surface area contributed by atoms with Crippen molar-refractivity contribution in [1.82, 2.24) is 5.32 Å². The minimum atomic E-state index is -0.549. The standard InChI is InChI=1S/C10H11NO2S2/c1-2-15-10(14)11-9(12)13-8-6-4-3-5-7-8/h3-7H,2H2,1H3,(H,11,12,14). The first kappa shape index (κ1) is 12.0. The summed E-state index contributed by atoms with van der Waals surface area (Å²) in [5.74, 6) is 1.32. The second kappa shape index (κ2) is 6.42.